The fourth-order valence-electron chi connectivity index (χ4n) is 1.12. The third kappa shape index (κ3) is 2.59. The van der Waals surface area contributed by atoms with E-state index < -0.39 is 11.9 Å². The highest BCUT2D eigenvalue weighted by atomic mass is 16.5. The molecule has 1 heterocycles. The number of aromatic amines is 1. The molecule has 5 nitrogen and oxygen atoms in total. The molecule has 5 heteroatoms. The van der Waals surface area contributed by atoms with Crippen molar-refractivity contribution in [1.29, 1.82) is 0 Å². The van der Waals surface area contributed by atoms with Crippen LogP contribution in [0.2, 0.25) is 0 Å². The summed E-state index contributed by atoms with van der Waals surface area (Å²) in [6, 6.07) is 0. The number of hydrogen-bond donors (Lipinski definition) is 1. The Balaban J connectivity index is 2.86. The van der Waals surface area contributed by atoms with Gasteiger partial charge in [0.2, 0.25) is 0 Å². The minimum absolute atomic E-state index is 0.204. The lowest BCUT2D eigenvalue weighted by Gasteiger charge is -2.02. The van der Waals surface area contributed by atoms with Gasteiger partial charge in [0, 0.05) is 12.4 Å². The van der Waals surface area contributed by atoms with Crippen LogP contribution in [0.3, 0.4) is 0 Å². The third-order valence-corrected chi connectivity index (χ3v) is 1.74. The molecule has 82 valence electrons. The molecular weight excluding hydrogens is 198 g/mol. The quantitative estimate of drug-likeness (QED) is 0.763. The van der Waals surface area contributed by atoms with Crippen molar-refractivity contribution in [3.8, 4) is 0 Å². The van der Waals surface area contributed by atoms with Crippen molar-refractivity contribution in [3.63, 3.8) is 0 Å². The summed E-state index contributed by atoms with van der Waals surface area (Å²) < 4.78 is 9.58. The Kier molecular flexibility index (Phi) is 3.91. The molecule has 0 unspecified atom stereocenters. The van der Waals surface area contributed by atoms with Gasteiger partial charge in [0.25, 0.3) is 0 Å². The second-order valence-corrected chi connectivity index (χ2v) is 2.72. The van der Waals surface area contributed by atoms with Gasteiger partial charge < -0.3 is 14.5 Å². The van der Waals surface area contributed by atoms with Crippen LogP contribution in [-0.2, 0) is 9.47 Å². The highest BCUT2D eigenvalue weighted by Crippen LogP contribution is 2.11. The van der Waals surface area contributed by atoms with Crippen LogP contribution in [0.1, 0.15) is 34.6 Å². The molecule has 0 saturated heterocycles. The maximum atomic E-state index is 11.4. The second kappa shape index (κ2) is 5.19. The molecule has 0 saturated carbocycles. The number of nitrogens with one attached hydrogen (secondary N) is 1. The zero-order chi connectivity index (χ0) is 11.3. The number of carbonyl (C=O) groups excluding carboxylic acids is 2. The first-order chi connectivity index (χ1) is 7.20. The molecule has 15 heavy (non-hydrogen) atoms. The summed E-state index contributed by atoms with van der Waals surface area (Å²) in [5, 5.41) is 0. The highest BCUT2D eigenvalue weighted by Gasteiger charge is 2.19. The van der Waals surface area contributed by atoms with Crippen molar-refractivity contribution >= 4 is 11.9 Å². The molecule has 1 rings (SSSR count). The van der Waals surface area contributed by atoms with E-state index in [1.807, 2.05) is 0 Å². The first-order valence-corrected chi connectivity index (χ1v) is 4.71. The number of aromatic nitrogens is 1. The highest BCUT2D eigenvalue weighted by molar-refractivity contribution is 6.03. The Labute approximate surface area is 87.4 Å². The normalized spacial score (nSPS) is 9.73. The van der Waals surface area contributed by atoms with E-state index in [9.17, 15) is 9.59 Å². The number of hydrogen-bond acceptors (Lipinski definition) is 4. The van der Waals surface area contributed by atoms with Crippen molar-refractivity contribution in [2.75, 3.05) is 13.2 Å². The van der Waals surface area contributed by atoms with E-state index in [0.29, 0.717) is 0 Å². The van der Waals surface area contributed by atoms with Crippen molar-refractivity contribution in [2.45, 2.75) is 13.8 Å². The average molecular weight is 211 g/mol. The lowest BCUT2D eigenvalue weighted by molar-refractivity contribution is 0.0480. The molecule has 0 spiro atoms. The van der Waals surface area contributed by atoms with E-state index in [1.165, 1.54) is 12.4 Å². The minimum Gasteiger partial charge on any atom is -0.462 e. The van der Waals surface area contributed by atoms with Crippen LogP contribution < -0.4 is 0 Å². The number of H-pyrrole nitrogens is 1. The lowest BCUT2D eigenvalue weighted by Crippen LogP contribution is -2.11. The maximum Gasteiger partial charge on any atom is 0.340 e. The molecular formula is C10H13NO4. The van der Waals surface area contributed by atoms with Gasteiger partial charge in [-0.2, -0.15) is 0 Å². The van der Waals surface area contributed by atoms with Gasteiger partial charge in [-0.25, -0.2) is 9.59 Å². The van der Waals surface area contributed by atoms with Crippen LogP contribution in [0, 0.1) is 0 Å². The summed E-state index contributed by atoms with van der Waals surface area (Å²) >= 11 is 0. The molecule has 0 aromatic carbocycles. The van der Waals surface area contributed by atoms with Crippen LogP contribution >= 0.6 is 0 Å². The Hall–Kier alpha value is -1.78. The summed E-state index contributed by atoms with van der Waals surface area (Å²) in [5.41, 5.74) is 0.408. The average Bonchev–Trinajstić information content (AvgIpc) is 2.66. The van der Waals surface area contributed by atoms with Gasteiger partial charge in [-0.1, -0.05) is 0 Å². The molecule has 1 aromatic rings. The summed E-state index contributed by atoms with van der Waals surface area (Å²) in [6.07, 6.45) is 2.84. The molecule has 0 aliphatic carbocycles. The monoisotopic (exact) mass is 211 g/mol. The van der Waals surface area contributed by atoms with E-state index in [1.54, 1.807) is 13.8 Å². The van der Waals surface area contributed by atoms with Crippen LogP contribution in [0.15, 0.2) is 12.4 Å². The minimum atomic E-state index is -0.526. The van der Waals surface area contributed by atoms with E-state index in [0.717, 1.165) is 0 Å². The molecule has 0 amide bonds. The zero-order valence-corrected chi connectivity index (χ0v) is 8.70. The number of esters is 2. The van der Waals surface area contributed by atoms with Crippen molar-refractivity contribution < 1.29 is 19.1 Å². The molecule has 1 N–H and O–H groups in total. The SMILES string of the molecule is CCOC(=O)c1c[nH]cc1C(=O)OCC. The smallest absolute Gasteiger partial charge is 0.340 e. The fourth-order valence-corrected chi connectivity index (χ4v) is 1.12. The number of carbonyl (C=O) groups is 2. The van der Waals surface area contributed by atoms with Gasteiger partial charge in [-0.05, 0) is 13.8 Å². The van der Waals surface area contributed by atoms with Crippen molar-refractivity contribution in [3.05, 3.63) is 23.5 Å². The van der Waals surface area contributed by atoms with Gasteiger partial charge in [0.05, 0.1) is 24.3 Å². The Morgan fingerprint density at radius 3 is 1.80 bits per heavy atom. The maximum absolute atomic E-state index is 11.4. The summed E-state index contributed by atoms with van der Waals surface area (Å²) in [6.45, 7) is 3.95. The van der Waals surface area contributed by atoms with Crippen molar-refractivity contribution in [2.24, 2.45) is 0 Å². The first kappa shape index (κ1) is 11.3. The largest absolute Gasteiger partial charge is 0.462 e. The van der Waals surface area contributed by atoms with Crippen LogP contribution in [0.4, 0.5) is 0 Å². The Morgan fingerprint density at radius 1 is 1.07 bits per heavy atom. The van der Waals surface area contributed by atoms with E-state index in [4.69, 9.17) is 9.47 Å². The van der Waals surface area contributed by atoms with Crippen LogP contribution in [0.25, 0.3) is 0 Å². The predicted molar refractivity (Wildman–Crippen MR) is 52.7 cm³/mol. The number of rotatable bonds is 4. The van der Waals surface area contributed by atoms with Gasteiger partial charge in [0.15, 0.2) is 0 Å². The molecule has 0 radical (unpaired) electrons. The fraction of sp³-hybridized carbons (Fsp3) is 0.400. The van der Waals surface area contributed by atoms with Crippen LogP contribution in [0.5, 0.6) is 0 Å². The Morgan fingerprint density at radius 2 is 1.47 bits per heavy atom. The van der Waals surface area contributed by atoms with E-state index >= 15 is 0 Å². The second-order valence-electron chi connectivity index (χ2n) is 2.72. The molecule has 0 bridgehead atoms. The van der Waals surface area contributed by atoms with E-state index in [-0.39, 0.29) is 24.3 Å². The summed E-state index contributed by atoms with van der Waals surface area (Å²) in [7, 11) is 0. The molecule has 0 fully saturated rings. The Bertz CT molecular complexity index is 324. The van der Waals surface area contributed by atoms with Gasteiger partial charge in [0.1, 0.15) is 0 Å². The third-order valence-electron chi connectivity index (χ3n) is 1.74. The summed E-state index contributed by atoms with van der Waals surface area (Å²) in [4.78, 5) is 25.4. The van der Waals surface area contributed by atoms with Crippen molar-refractivity contribution in [1.82, 2.24) is 4.98 Å². The van der Waals surface area contributed by atoms with Crippen LogP contribution in [-0.4, -0.2) is 30.1 Å². The van der Waals surface area contributed by atoms with Gasteiger partial charge in [-0.3, -0.25) is 0 Å². The molecule has 0 aliphatic heterocycles. The number of ether oxygens (including phenoxy) is 2. The van der Waals surface area contributed by atoms with E-state index in [2.05, 4.69) is 4.98 Å². The molecule has 1 aromatic heterocycles. The molecule has 0 aliphatic rings. The van der Waals surface area contributed by atoms with Gasteiger partial charge in [-0.15, -0.1) is 0 Å². The lowest BCUT2D eigenvalue weighted by atomic mass is 10.2. The standard InChI is InChI=1S/C10H13NO4/c1-3-14-9(12)7-5-11-6-8(7)10(13)15-4-2/h5-6,11H,3-4H2,1-2H3. The van der Waals surface area contributed by atoms with Gasteiger partial charge >= 0.3 is 11.9 Å². The predicted octanol–water partition coefficient (Wildman–Crippen LogP) is 1.37. The summed E-state index contributed by atoms with van der Waals surface area (Å²) in [5.74, 6) is -1.05. The zero-order valence-electron chi connectivity index (χ0n) is 8.70. The topological polar surface area (TPSA) is 68.4 Å². The first-order valence-electron chi connectivity index (χ1n) is 4.71. The molecule has 0 atom stereocenters.